The molecular weight excluding hydrogens is 272 g/mol. The van der Waals surface area contributed by atoms with Gasteiger partial charge in [-0.2, -0.15) is 4.52 Å². The summed E-state index contributed by atoms with van der Waals surface area (Å²) >= 11 is 0. The maximum Gasteiger partial charge on any atom is 0.315 e. The molecule has 0 saturated heterocycles. The molecule has 2 aromatic heterocycles. The Hall–Kier alpha value is -2.38. The number of methoxy groups -OCH3 is 1. The minimum atomic E-state index is -0.179. The van der Waals surface area contributed by atoms with Crippen molar-refractivity contribution >= 4 is 11.7 Å². The number of hydrogen-bond acceptors (Lipinski definition) is 5. The lowest BCUT2D eigenvalue weighted by atomic mass is 10.2. The molecule has 1 fully saturated rings. The van der Waals surface area contributed by atoms with Gasteiger partial charge in [0.25, 0.3) is 0 Å². The zero-order valence-corrected chi connectivity index (χ0v) is 11.9. The van der Waals surface area contributed by atoms with Crippen LogP contribution in [0.3, 0.4) is 0 Å². The molecule has 2 N–H and O–H groups in total. The van der Waals surface area contributed by atoms with Crippen molar-refractivity contribution in [3.05, 3.63) is 18.0 Å². The van der Waals surface area contributed by atoms with E-state index in [1.807, 2.05) is 0 Å². The minimum absolute atomic E-state index is 0.179. The fraction of sp³-hybridized carbons (Fsp3) is 0.538. The smallest absolute Gasteiger partial charge is 0.315 e. The topological polar surface area (TPSA) is 93.4 Å². The Morgan fingerprint density at radius 2 is 2.19 bits per heavy atom. The third-order valence-electron chi connectivity index (χ3n) is 3.61. The molecular formula is C13H18N6O2. The lowest BCUT2D eigenvalue weighted by Crippen LogP contribution is -2.40. The number of nitrogens with zero attached hydrogens (tertiary/aromatic N) is 4. The van der Waals surface area contributed by atoms with Gasteiger partial charge in [-0.25, -0.2) is 4.79 Å². The molecule has 0 atom stereocenters. The van der Waals surface area contributed by atoms with Crippen molar-refractivity contribution in [2.75, 3.05) is 7.11 Å². The molecule has 1 aliphatic carbocycles. The Balaban J connectivity index is 1.63. The molecule has 2 heterocycles. The van der Waals surface area contributed by atoms with E-state index in [1.54, 1.807) is 23.8 Å². The maximum atomic E-state index is 11.8. The summed E-state index contributed by atoms with van der Waals surface area (Å²) in [4.78, 5) is 11.8. The molecule has 8 heteroatoms. The highest BCUT2D eigenvalue weighted by Crippen LogP contribution is 2.17. The zero-order chi connectivity index (χ0) is 14.7. The summed E-state index contributed by atoms with van der Waals surface area (Å²) in [7, 11) is 1.55. The Morgan fingerprint density at radius 1 is 1.38 bits per heavy atom. The van der Waals surface area contributed by atoms with Crippen LogP contribution >= 0.6 is 0 Å². The van der Waals surface area contributed by atoms with E-state index in [4.69, 9.17) is 4.74 Å². The standard InChI is InChI=1S/C13H18N6O2/c1-21-12-7-6-10-16-17-11(19(10)18-12)8-14-13(20)15-9-4-2-3-5-9/h6-7,9H,2-5,8H2,1H3,(H2,14,15,20). The van der Waals surface area contributed by atoms with E-state index in [9.17, 15) is 4.79 Å². The number of urea groups is 1. The number of carbonyl (C=O) groups is 1. The minimum Gasteiger partial charge on any atom is -0.480 e. The van der Waals surface area contributed by atoms with Crippen LogP contribution in [-0.4, -0.2) is 39.0 Å². The van der Waals surface area contributed by atoms with Crippen LogP contribution in [-0.2, 0) is 6.54 Å². The Bertz CT molecular complexity index is 635. The van der Waals surface area contributed by atoms with Gasteiger partial charge in [0.15, 0.2) is 11.5 Å². The van der Waals surface area contributed by atoms with Gasteiger partial charge in [-0.3, -0.25) is 0 Å². The summed E-state index contributed by atoms with van der Waals surface area (Å²) in [6, 6.07) is 3.59. The predicted octanol–water partition coefficient (Wildman–Crippen LogP) is 0.875. The van der Waals surface area contributed by atoms with Crippen molar-refractivity contribution in [3.8, 4) is 5.88 Å². The molecule has 1 aliphatic rings. The molecule has 8 nitrogen and oxygen atoms in total. The molecule has 0 unspecified atom stereocenters. The van der Waals surface area contributed by atoms with E-state index in [1.165, 1.54) is 12.8 Å². The van der Waals surface area contributed by atoms with Crippen LogP contribution in [0.15, 0.2) is 12.1 Å². The summed E-state index contributed by atoms with van der Waals surface area (Å²) in [5.74, 6) is 1.03. The van der Waals surface area contributed by atoms with Gasteiger partial charge in [0.2, 0.25) is 5.88 Å². The van der Waals surface area contributed by atoms with Crippen molar-refractivity contribution in [2.45, 2.75) is 38.3 Å². The SMILES string of the molecule is COc1ccc2nnc(CNC(=O)NC3CCCC3)n2n1. The third kappa shape index (κ3) is 3.04. The molecule has 2 aromatic rings. The van der Waals surface area contributed by atoms with Crippen LogP contribution in [0.5, 0.6) is 5.88 Å². The van der Waals surface area contributed by atoms with Crippen molar-refractivity contribution < 1.29 is 9.53 Å². The van der Waals surface area contributed by atoms with Crippen LogP contribution in [0, 0.1) is 0 Å². The molecule has 112 valence electrons. The molecule has 3 rings (SSSR count). The molecule has 0 spiro atoms. The van der Waals surface area contributed by atoms with Crippen LogP contribution in [0.1, 0.15) is 31.5 Å². The van der Waals surface area contributed by atoms with Gasteiger partial charge in [-0.15, -0.1) is 15.3 Å². The number of hydrogen-bond donors (Lipinski definition) is 2. The highest BCUT2D eigenvalue weighted by molar-refractivity contribution is 5.74. The van der Waals surface area contributed by atoms with Crippen LogP contribution < -0.4 is 15.4 Å². The van der Waals surface area contributed by atoms with Gasteiger partial charge < -0.3 is 15.4 Å². The highest BCUT2D eigenvalue weighted by atomic mass is 16.5. The molecule has 21 heavy (non-hydrogen) atoms. The normalized spacial score (nSPS) is 15.3. The number of aromatic nitrogens is 4. The number of nitrogens with one attached hydrogen (secondary N) is 2. The second-order valence-electron chi connectivity index (χ2n) is 5.07. The van der Waals surface area contributed by atoms with Gasteiger partial charge >= 0.3 is 6.03 Å². The molecule has 0 radical (unpaired) electrons. The van der Waals surface area contributed by atoms with Crippen LogP contribution in [0.2, 0.25) is 0 Å². The zero-order valence-electron chi connectivity index (χ0n) is 11.9. The highest BCUT2D eigenvalue weighted by Gasteiger charge is 2.17. The van der Waals surface area contributed by atoms with Gasteiger partial charge in [-0.1, -0.05) is 12.8 Å². The Morgan fingerprint density at radius 3 is 2.95 bits per heavy atom. The van der Waals surface area contributed by atoms with Gasteiger partial charge in [-0.05, 0) is 18.9 Å². The largest absolute Gasteiger partial charge is 0.480 e. The first-order chi connectivity index (χ1) is 10.3. The lowest BCUT2D eigenvalue weighted by molar-refractivity contribution is 0.236. The van der Waals surface area contributed by atoms with E-state index < -0.39 is 0 Å². The van der Waals surface area contributed by atoms with Crippen molar-refractivity contribution in [1.29, 1.82) is 0 Å². The fourth-order valence-corrected chi connectivity index (χ4v) is 2.50. The van der Waals surface area contributed by atoms with Gasteiger partial charge in [0.1, 0.15) is 0 Å². The second-order valence-corrected chi connectivity index (χ2v) is 5.07. The Labute approximate surface area is 121 Å². The van der Waals surface area contributed by atoms with Crippen LogP contribution in [0.25, 0.3) is 5.65 Å². The van der Waals surface area contributed by atoms with E-state index >= 15 is 0 Å². The number of rotatable bonds is 4. The van der Waals surface area contributed by atoms with E-state index in [2.05, 4.69) is 25.9 Å². The average molecular weight is 290 g/mol. The fourth-order valence-electron chi connectivity index (χ4n) is 2.50. The summed E-state index contributed by atoms with van der Waals surface area (Å²) < 4.78 is 6.64. The summed E-state index contributed by atoms with van der Waals surface area (Å²) in [5, 5.41) is 18.0. The first-order valence-corrected chi connectivity index (χ1v) is 7.06. The number of fused-ring (bicyclic) bond motifs is 1. The van der Waals surface area contributed by atoms with Crippen molar-refractivity contribution in [1.82, 2.24) is 30.4 Å². The van der Waals surface area contributed by atoms with Crippen molar-refractivity contribution in [2.24, 2.45) is 0 Å². The van der Waals surface area contributed by atoms with Gasteiger partial charge in [0, 0.05) is 12.1 Å². The Kier molecular flexibility index (Phi) is 3.85. The lowest BCUT2D eigenvalue weighted by Gasteiger charge is -2.12. The number of carbonyl (C=O) groups excluding carboxylic acids is 1. The first kappa shape index (κ1) is 13.6. The maximum absolute atomic E-state index is 11.8. The third-order valence-corrected chi connectivity index (χ3v) is 3.61. The van der Waals surface area contributed by atoms with E-state index in [0.29, 0.717) is 23.4 Å². The monoisotopic (exact) mass is 290 g/mol. The summed E-state index contributed by atoms with van der Waals surface area (Å²) in [6.45, 7) is 0.264. The van der Waals surface area contributed by atoms with Gasteiger partial charge in [0.05, 0.1) is 13.7 Å². The van der Waals surface area contributed by atoms with E-state index in [-0.39, 0.29) is 12.6 Å². The van der Waals surface area contributed by atoms with Crippen LogP contribution in [0.4, 0.5) is 4.79 Å². The summed E-state index contributed by atoms with van der Waals surface area (Å²) in [5.41, 5.74) is 0.615. The molecule has 0 aliphatic heterocycles. The molecule has 1 saturated carbocycles. The molecule has 0 aromatic carbocycles. The number of ether oxygens (including phenoxy) is 1. The first-order valence-electron chi connectivity index (χ1n) is 7.06. The number of amides is 2. The second kappa shape index (κ2) is 5.94. The molecule has 0 bridgehead atoms. The predicted molar refractivity (Wildman–Crippen MR) is 75.0 cm³/mol. The average Bonchev–Trinajstić information content (AvgIpc) is 3.14. The van der Waals surface area contributed by atoms with E-state index in [0.717, 1.165) is 12.8 Å². The molecule has 2 amide bonds. The summed E-state index contributed by atoms with van der Waals surface area (Å²) in [6.07, 6.45) is 4.48. The van der Waals surface area contributed by atoms with Crippen molar-refractivity contribution in [3.63, 3.8) is 0 Å². The quantitative estimate of drug-likeness (QED) is 0.871.